The third-order valence-electron chi connectivity index (χ3n) is 3.02. The van der Waals surface area contributed by atoms with Gasteiger partial charge in [-0.25, -0.2) is 0 Å². The van der Waals surface area contributed by atoms with Crippen LogP contribution in [0.15, 0.2) is 47.4 Å². The molecule has 0 atom stereocenters. The number of nitrogen functional groups attached to an aromatic ring is 1. The molecule has 0 fully saturated rings. The van der Waals surface area contributed by atoms with E-state index in [2.05, 4.69) is 38.1 Å². The molecule has 2 aromatic rings. The van der Waals surface area contributed by atoms with Crippen LogP contribution in [0.2, 0.25) is 5.02 Å². The van der Waals surface area contributed by atoms with Crippen LogP contribution in [0.1, 0.15) is 30.9 Å². The molecule has 0 radical (unpaired) electrons. The highest BCUT2D eigenvalue weighted by molar-refractivity contribution is 7.98. The number of rotatable bonds is 4. The highest BCUT2D eigenvalue weighted by atomic mass is 35.5. The average Bonchev–Trinajstić information content (AvgIpc) is 2.38. The number of halogens is 1. The van der Waals surface area contributed by atoms with Gasteiger partial charge in [-0.3, -0.25) is 0 Å². The van der Waals surface area contributed by atoms with Crippen molar-refractivity contribution in [3.63, 3.8) is 0 Å². The first-order valence-corrected chi connectivity index (χ1v) is 7.69. The van der Waals surface area contributed by atoms with E-state index in [-0.39, 0.29) is 0 Å². The summed E-state index contributed by atoms with van der Waals surface area (Å²) in [7, 11) is 0. The van der Waals surface area contributed by atoms with Crippen molar-refractivity contribution in [3.8, 4) is 0 Å². The van der Waals surface area contributed by atoms with Gasteiger partial charge in [0.25, 0.3) is 0 Å². The summed E-state index contributed by atoms with van der Waals surface area (Å²) >= 11 is 7.96. The molecule has 3 heteroatoms. The minimum absolute atomic E-state index is 0.575. The second-order valence-corrected chi connectivity index (χ2v) is 6.32. The molecule has 0 unspecified atom stereocenters. The topological polar surface area (TPSA) is 26.0 Å². The molecule has 0 aliphatic heterocycles. The largest absolute Gasteiger partial charge is 0.399 e. The first-order valence-electron chi connectivity index (χ1n) is 6.33. The van der Waals surface area contributed by atoms with E-state index in [4.69, 9.17) is 17.3 Å². The van der Waals surface area contributed by atoms with Crippen LogP contribution in [0.4, 0.5) is 5.69 Å². The van der Waals surface area contributed by atoms with Crippen molar-refractivity contribution in [1.82, 2.24) is 0 Å². The Labute approximate surface area is 124 Å². The van der Waals surface area contributed by atoms with Gasteiger partial charge in [-0.15, -0.1) is 11.8 Å². The first kappa shape index (κ1) is 14.3. The fourth-order valence-corrected chi connectivity index (χ4v) is 3.03. The van der Waals surface area contributed by atoms with Crippen LogP contribution in [0.3, 0.4) is 0 Å². The SMILES string of the molecule is CC(C)c1ccc(SCc2ccc(N)cc2Cl)cc1. The van der Waals surface area contributed by atoms with Crippen molar-refractivity contribution < 1.29 is 0 Å². The molecule has 0 aliphatic carbocycles. The molecule has 0 amide bonds. The Morgan fingerprint density at radius 3 is 2.37 bits per heavy atom. The molecule has 0 bridgehead atoms. The van der Waals surface area contributed by atoms with Crippen molar-refractivity contribution in [2.75, 3.05) is 5.73 Å². The predicted octanol–water partition coefficient (Wildman–Crippen LogP) is 5.34. The highest BCUT2D eigenvalue weighted by Gasteiger charge is 2.03. The second-order valence-electron chi connectivity index (χ2n) is 4.86. The standard InChI is InChI=1S/C16H18ClNS/c1-11(2)12-4-7-15(8-5-12)19-10-13-3-6-14(18)9-16(13)17/h3-9,11H,10,18H2,1-2H3. The van der Waals surface area contributed by atoms with Gasteiger partial charge in [-0.1, -0.05) is 43.6 Å². The van der Waals surface area contributed by atoms with Gasteiger partial charge in [-0.05, 0) is 41.3 Å². The van der Waals surface area contributed by atoms with Gasteiger partial charge < -0.3 is 5.73 Å². The van der Waals surface area contributed by atoms with Crippen molar-refractivity contribution in [1.29, 1.82) is 0 Å². The number of hydrogen-bond acceptors (Lipinski definition) is 2. The third-order valence-corrected chi connectivity index (χ3v) is 4.43. The molecule has 0 spiro atoms. The van der Waals surface area contributed by atoms with Gasteiger partial charge in [0.15, 0.2) is 0 Å². The molecule has 0 saturated heterocycles. The number of benzene rings is 2. The zero-order valence-corrected chi connectivity index (χ0v) is 12.8. The maximum absolute atomic E-state index is 6.17. The number of anilines is 1. The zero-order chi connectivity index (χ0) is 13.8. The highest BCUT2D eigenvalue weighted by Crippen LogP contribution is 2.28. The van der Waals surface area contributed by atoms with E-state index < -0.39 is 0 Å². The second kappa shape index (κ2) is 6.36. The Morgan fingerprint density at radius 2 is 1.79 bits per heavy atom. The molecule has 0 heterocycles. The van der Waals surface area contributed by atoms with E-state index in [0.717, 1.165) is 16.3 Å². The lowest BCUT2D eigenvalue weighted by atomic mass is 10.0. The van der Waals surface area contributed by atoms with Crippen molar-refractivity contribution in [3.05, 3.63) is 58.6 Å². The summed E-state index contributed by atoms with van der Waals surface area (Å²) in [6, 6.07) is 14.4. The molecule has 0 saturated carbocycles. The van der Waals surface area contributed by atoms with Gasteiger partial charge in [0, 0.05) is 21.4 Å². The lowest BCUT2D eigenvalue weighted by molar-refractivity contribution is 0.865. The molecule has 100 valence electrons. The van der Waals surface area contributed by atoms with Gasteiger partial charge in [0.1, 0.15) is 0 Å². The number of hydrogen-bond donors (Lipinski definition) is 1. The van der Waals surface area contributed by atoms with Crippen LogP contribution in [0.5, 0.6) is 0 Å². The number of thioether (sulfide) groups is 1. The average molecular weight is 292 g/mol. The van der Waals surface area contributed by atoms with Crippen LogP contribution in [-0.4, -0.2) is 0 Å². The minimum atomic E-state index is 0.575. The molecular weight excluding hydrogens is 274 g/mol. The molecule has 19 heavy (non-hydrogen) atoms. The van der Waals surface area contributed by atoms with Crippen molar-refractivity contribution in [2.24, 2.45) is 0 Å². The van der Waals surface area contributed by atoms with Crippen LogP contribution in [0, 0.1) is 0 Å². The lowest BCUT2D eigenvalue weighted by Crippen LogP contribution is -1.88. The van der Waals surface area contributed by atoms with E-state index in [9.17, 15) is 0 Å². The van der Waals surface area contributed by atoms with Gasteiger partial charge in [-0.2, -0.15) is 0 Å². The third kappa shape index (κ3) is 3.92. The predicted molar refractivity (Wildman–Crippen MR) is 86.0 cm³/mol. The molecule has 2 aromatic carbocycles. The number of nitrogens with two attached hydrogens (primary N) is 1. The molecular formula is C16H18ClNS. The summed E-state index contributed by atoms with van der Waals surface area (Å²) in [5, 5.41) is 0.742. The lowest BCUT2D eigenvalue weighted by Gasteiger charge is -2.08. The Hall–Kier alpha value is -1.12. The van der Waals surface area contributed by atoms with Crippen LogP contribution < -0.4 is 5.73 Å². The van der Waals surface area contributed by atoms with Crippen molar-refractivity contribution >= 4 is 29.1 Å². The summed E-state index contributed by atoms with van der Waals surface area (Å²) in [5.74, 6) is 1.44. The van der Waals surface area contributed by atoms with E-state index in [1.165, 1.54) is 10.5 Å². The van der Waals surface area contributed by atoms with E-state index in [1.54, 1.807) is 17.8 Å². The molecule has 0 aliphatic rings. The van der Waals surface area contributed by atoms with Crippen LogP contribution in [-0.2, 0) is 5.75 Å². The molecule has 2 N–H and O–H groups in total. The molecule has 2 rings (SSSR count). The van der Waals surface area contributed by atoms with Crippen LogP contribution in [0.25, 0.3) is 0 Å². The van der Waals surface area contributed by atoms with E-state index >= 15 is 0 Å². The molecule has 1 nitrogen and oxygen atoms in total. The Morgan fingerprint density at radius 1 is 1.11 bits per heavy atom. The summed E-state index contributed by atoms with van der Waals surface area (Å²) < 4.78 is 0. The monoisotopic (exact) mass is 291 g/mol. The smallest absolute Gasteiger partial charge is 0.0466 e. The van der Waals surface area contributed by atoms with Gasteiger partial charge >= 0.3 is 0 Å². The minimum Gasteiger partial charge on any atom is -0.399 e. The Kier molecular flexibility index (Phi) is 4.78. The van der Waals surface area contributed by atoms with Crippen LogP contribution >= 0.6 is 23.4 Å². The fourth-order valence-electron chi connectivity index (χ4n) is 1.79. The Bertz CT molecular complexity index is 549. The molecule has 0 aromatic heterocycles. The van der Waals surface area contributed by atoms with E-state index in [1.807, 2.05) is 12.1 Å². The summed E-state index contributed by atoms with van der Waals surface area (Å²) in [6.45, 7) is 4.41. The van der Waals surface area contributed by atoms with E-state index in [0.29, 0.717) is 11.6 Å². The summed E-state index contributed by atoms with van der Waals surface area (Å²) in [5.41, 5.74) is 8.89. The van der Waals surface area contributed by atoms with Crippen molar-refractivity contribution in [2.45, 2.75) is 30.4 Å². The maximum atomic E-state index is 6.17. The first-order chi connectivity index (χ1) is 9.06. The Balaban J connectivity index is 2.02. The fraction of sp³-hybridized carbons (Fsp3) is 0.250. The maximum Gasteiger partial charge on any atom is 0.0466 e. The summed E-state index contributed by atoms with van der Waals surface area (Å²) in [6.07, 6.45) is 0. The quantitative estimate of drug-likeness (QED) is 0.608. The van der Waals surface area contributed by atoms with Gasteiger partial charge in [0.2, 0.25) is 0 Å². The summed E-state index contributed by atoms with van der Waals surface area (Å²) in [4.78, 5) is 1.26. The van der Waals surface area contributed by atoms with Gasteiger partial charge in [0.05, 0.1) is 0 Å². The normalized spacial score (nSPS) is 10.9. The zero-order valence-electron chi connectivity index (χ0n) is 11.2.